The Balaban J connectivity index is 1.13. The monoisotopic (exact) mass is 464 g/mol. The van der Waals surface area contributed by atoms with Crippen LogP contribution in [0.5, 0.6) is 0 Å². The van der Waals surface area contributed by atoms with Crippen molar-refractivity contribution in [1.82, 2.24) is 20.4 Å². The minimum absolute atomic E-state index is 0.0509. The zero-order valence-electron chi connectivity index (χ0n) is 18.4. The Kier molecular flexibility index (Phi) is 6.15. The van der Waals surface area contributed by atoms with Crippen LogP contribution in [-0.4, -0.2) is 40.6 Å². The molecule has 4 aromatic rings. The lowest BCUT2D eigenvalue weighted by atomic mass is 9.96. The summed E-state index contributed by atoms with van der Waals surface area (Å²) < 4.78 is 11.5. The van der Waals surface area contributed by atoms with Gasteiger partial charge in [0.1, 0.15) is 5.58 Å². The fourth-order valence-electron chi connectivity index (χ4n) is 4.29. The molecular formula is C25H25ClN4O3. The summed E-state index contributed by atoms with van der Waals surface area (Å²) in [7, 11) is 0. The number of halogens is 1. The minimum atomic E-state index is -0.355. The van der Waals surface area contributed by atoms with Crippen molar-refractivity contribution in [2.75, 3.05) is 19.6 Å². The van der Waals surface area contributed by atoms with Gasteiger partial charge in [0.15, 0.2) is 5.76 Å². The summed E-state index contributed by atoms with van der Waals surface area (Å²) in [4.78, 5) is 15.0. The molecule has 1 amide bonds. The van der Waals surface area contributed by atoms with E-state index in [0.29, 0.717) is 18.2 Å². The number of hydrogen-bond donors (Lipinski definition) is 1. The second-order valence-electron chi connectivity index (χ2n) is 8.52. The first-order valence-corrected chi connectivity index (χ1v) is 11.5. The highest BCUT2D eigenvalue weighted by atomic mass is 35.5. The van der Waals surface area contributed by atoms with Crippen LogP contribution in [0.2, 0.25) is 5.02 Å². The molecule has 1 aliphatic rings. The molecule has 8 heteroatoms. The average molecular weight is 465 g/mol. The maximum Gasteiger partial charge on any atom is 0.308 e. The first-order valence-electron chi connectivity index (χ1n) is 11.1. The number of aryl methyl sites for hydroxylation is 1. The maximum absolute atomic E-state index is 12.6. The highest BCUT2D eigenvalue weighted by molar-refractivity contribution is 6.30. The molecule has 0 radical (unpaired) electrons. The van der Waals surface area contributed by atoms with Crippen LogP contribution in [0.1, 0.15) is 34.7 Å². The molecule has 170 valence electrons. The number of piperidine rings is 1. The number of likely N-dealkylation sites (tertiary alicyclic amines) is 1. The van der Waals surface area contributed by atoms with Crippen LogP contribution in [0.4, 0.5) is 0 Å². The van der Waals surface area contributed by atoms with Crippen LogP contribution in [0.3, 0.4) is 0 Å². The van der Waals surface area contributed by atoms with Gasteiger partial charge in [0.2, 0.25) is 0 Å². The van der Waals surface area contributed by atoms with E-state index in [-0.39, 0.29) is 17.7 Å². The third-order valence-electron chi connectivity index (χ3n) is 6.24. The normalized spacial score (nSPS) is 15.2. The van der Waals surface area contributed by atoms with Crippen molar-refractivity contribution in [2.24, 2.45) is 5.92 Å². The first kappa shape index (κ1) is 21.7. The molecule has 3 heterocycles. The van der Waals surface area contributed by atoms with Crippen LogP contribution >= 0.6 is 11.6 Å². The summed E-state index contributed by atoms with van der Waals surface area (Å²) in [6.45, 7) is 5.44. The molecule has 2 aromatic carbocycles. The molecule has 1 N–H and O–H groups in total. The summed E-state index contributed by atoms with van der Waals surface area (Å²) in [6, 6.07) is 15.7. The Morgan fingerprint density at radius 2 is 1.85 bits per heavy atom. The smallest absolute Gasteiger partial charge is 0.308 e. The molecule has 0 bridgehead atoms. The number of fused-ring (bicyclic) bond motifs is 1. The van der Waals surface area contributed by atoms with Gasteiger partial charge in [-0.05, 0) is 62.5 Å². The van der Waals surface area contributed by atoms with Crippen LogP contribution < -0.4 is 5.32 Å². The third kappa shape index (κ3) is 4.79. The number of carbonyl (C=O) groups is 1. The van der Waals surface area contributed by atoms with Gasteiger partial charge in [-0.25, -0.2) is 0 Å². The Labute approximate surface area is 196 Å². The van der Waals surface area contributed by atoms with Crippen molar-refractivity contribution in [2.45, 2.75) is 26.3 Å². The number of aromatic nitrogens is 2. The molecule has 2 aromatic heterocycles. The van der Waals surface area contributed by atoms with E-state index >= 15 is 0 Å². The SMILES string of the molecule is Cc1c(-c2nnc(C(=O)NCC3CCN(Cc4ccc(Cl)cc4)CC3)o2)oc2ccccc12. The molecule has 0 unspecified atom stereocenters. The summed E-state index contributed by atoms with van der Waals surface area (Å²) in [5, 5.41) is 12.6. The predicted molar refractivity (Wildman–Crippen MR) is 126 cm³/mol. The zero-order valence-corrected chi connectivity index (χ0v) is 19.1. The Hall–Kier alpha value is -3.16. The standard InChI is InChI=1S/C25H25ClN4O3/c1-16-20-4-2-3-5-21(20)32-22(16)24-28-29-25(33-24)23(31)27-14-17-10-12-30(13-11-17)15-18-6-8-19(26)9-7-18/h2-9,17H,10-15H2,1H3,(H,27,31). The summed E-state index contributed by atoms with van der Waals surface area (Å²) >= 11 is 5.97. The van der Waals surface area contributed by atoms with Gasteiger partial charge in [0.25, 0.3) is 5.89 Å². The van der Waals surface area contributed by atoms with E-state index in [1.165, 1.54) is 5.56 Å². The van der Waals surface area contributed by atoms with E-state index in [9.17, 15) is 4.79 Å². The number of para-hydroxylation sites is 1. The second kappa shape index (κ2) is 9.37. The third-order valence-corrected chi connectivity index (χ3v) is 6.49. The Bertz CT molecular complexity index is 1260. The number of nitrogens with zero attached hydrogens (tertiary/aromatic N) is 3. The van der Waals surface area contributed by atoms with Crippen LogP contribution in [0, 0.1) is 12.8 Å². The molecule has 5 rings (SSSR count). The summed E-state index contributed by atoms with van der Waals surface area (Å²) in [6.07, 6.45) is 2.06. The largest absolute Gasteiger partial charge is 0.451 e. The molecule has 0 atom stereocenters. The van der Waals surface area contributed by atoms with E-state index in [1.807, 2.05) is 43.3 Å². The zero-order chi connectivity index (χ0) is 22.8. The number of amides is 1. The number of carbonyl (C=O) groups excluding carboxylic acids is 1. The van der Waals surface area contributed by atoms with Gasteiger partial charge in [0.05, 0.1) is 0 Å². The average Bonchev–Trinajstić information content (AvgIpc) is 3.45. The van der Waals surface area contributed by atoms with E-state index in [2.05, 4.69) is 32.5 Å². The van der Waals surface area contributed by atoms with Gasteiger partial charge in [-0.3, -0.25) is 9.69 Å². The van der Waals surface area contributed by atoms with Crippen LogP contribution in [0.15, 0.2) is 57.4 Å². The van der Waals surface area contributed by atoms with Crippen molar-refractivity contribution in [3.05, 3.63) is 70.6 Å². The highest BCUT2D eigenvalue weighted by Gasteiger charge is 2.23. The number of nitrogens with one attached hydrogen (secondary N) is 1. The lowest BCUT2D eigenvalue weighted by Crippen LogP contribution is -2.38. The van der Waals surface area contributed by atoms with Gasteiger partial charge in [-0.15, -0.1) is 10.2 Å². The molecule has 7 nitrogen and oxygen atoms in total. The van der Waals surface area contributed by atoms with Gasteiger partial charge in [-0.1, -0.05) is 41.9 Å². The molecule has 33 heavy (non-hydrogen) atoms. The summed E-state index contributed by atoms with van der Waals surface area (Å²) in [5.74, 6) is 0.728. The van der Waals surface area contributed by atoms with E-state index < -0.39 is 0 Å². The van der Waals surface area contributed by atoms with Gasteiger partial charge in [-0.2, -0.15) is 0 Å². The first-order chi connectivity index (χ1) is 16.1. The molecule has 1 saturated heterocycles. The van der Waals surface area contributed by atoms with E-state index in [4.69, 9.17) is 20.4 Å². The number of furan rings is 1. The van der Waals surface area contributed by atoms with Gasteiger partial charge >= 0.3 is 11.8 Å². The number of hydrogen-bond acceptors (Lipinski definition) is 6. The molecule has 1 aliphatic heterocycles. The van der Waals surface area contributed by atoms with Gasteiger partial charge < -0.3 is 14.2 Å². The molecule has 0 aliphatic carbocycles. The van der Waals surface area contributed by atoms with Crippen molar-refractivity contribution in [1.29, 1.82) is 0 Å². The molecule has 1 fully saturated rings. The minimum Gasteiger partial charge on any atom is -0.451 e. The van der Waals surface area contributed by atoms with Crippen molar-refractivity contribution < 1.29 is 13.6 Å². The highest BCUT2D eigenvalue weighted by Crippen LogP contribution is 2.32. The topological polar surface area (TPSA) is 84.4 Å². The fourth-order valence-corrected chi connectivity index (χ4v) is 4.42. The number of rotatable bonds is 6. The fraction of sp³-hybridized carbons (Fsp3) is 0.320. The Morgan fingerprint density at radius 1 is 1.09 bits per heavy atom. The van der Waals surface area contributed by atoms with E-state index in [0.717, 1.165) is 54.0 Å². The predicted octanol–water partition coefficient (Wildman–Crippen LogP) is 5.09. The lowest BCUT2D eigenvalue weighted by Gasteiger charge is -2.32. The quantitative estimate of drug-likeness (QED) is 0.428. The maximum atomic E-state index is 12.6. The lowest BCUT2D eigenvalue weighted by molar-refractivity contribution is 0.0901. The van der Waals surface area contributed by atoms with Crippen molar-refractivity contribution >= 4 is 28.5 Å². The molecule has 0 saturated carbocycles. The second-order valence-corrected chi connectivity index (χ2v) is 8.96. The van der Waals surface area contributed by atoms with Crippen molar-refractivity contribution in [3.8, 4) is 11.7 Å². The van der Waals surface area contributed by atoms with E-state index in [1.54, 1.807) is 0 Å². The van der Waals surface area contributed by atoms with Gasteiger partial charge in [0, 0.05) is 29.1 Å². The van der Waals surface area contributed by atoms with Crippen molar-refractivity contribution in [3.63, 3.8) is 0 Å². The molecular weight excluding hydrogens is 440 g/mol. The summed E-state index contributed by atoms with van der Waals surface area (Å²) in [5.41, 5.74) is 2.92. The van der Waals surface area contributed by atoms with Crippen LogP contribution in [0.25, 0.3) is 22.6 Å². The Morgan fingerprint density at radius 3 is 2.61 bits per heavy atom. The number of benzene rings is 2. The van der Waals surface area contributed by atoms with Crippen LogP contribution in [-0.2, 0) is 6.54 Å². The molecule has 0 spiro atoms.